The van der Waals surface area contributed by atoms with Crippen molar-refractivity contribution in [3.8, 4) is 0 Å². The zero-order valence-corrected chi connectivity index (χ0v) is 12.4. The van der Waals surface area contributed by atoms with Crippen molar-refractivity contribution in [1.29, 1.82) is 0 Å². The minimum absolute atomic E-state index is 0.0672. The molecule has 3 rings (SSSR count). The van der Waals surface area contributed by atoms with E-state index in [9.17, 15) is 8.42 Å². The zero-order chi connectivity index (χ0) is 14.2. The van der Waals surface area contributed by atoms with Gasteiger partial charge in [-0.15, -0.1) is 0 Å². The lowest BCUT2D eigenvalue weighted by Gasteiger charge is -2.22. The Bertz CT molecular complexity index is 600. The molecule has 0 aliphatic carbocycles. The second-order valence-electron chi connectivity index (χ2n) is 5.40. The van der Waals surface area contributed by atoms with Gasteiger partial charge in [-0.2, -0.15) is 0 Å². The molecule has 2 aliphatic heterocycles. The maximum atomic E-state index is 12.6. The smallest absolute Gasteiger partial charge is 0.241 e. The van der Waals surface area contributed by atoms with Crippen LogP contribution >= 0.6 is 0 Å². The van der Waals surface area contributed by atoms with E-state index in [1.807, 2.05) is 13.0 Å². The third kappa shape index (κ3) is 2.55. The van der Waals surface area contributed by atoms with Crippen LogP contribution in [-0.4, -0.2) is 33.7 Å². The van der Waals surface area contributed by atoms with E-state index in [1.165, 1.54) is 0 Å². The van der Waals surface area contributed by atoms with E-state index in [4.69, 9.17) is 4.74 Å². The van der Waals surface area contributed by atoms with Crippen molar-refractivity contribution >= 4 is 15.7 Å². The number of nitrogens with one attached hydrogen (secondary N) is 2. The van der Waals surface area contributed by atoms with Gasteiger partial charge in [0, 0.05) is 18.8 Å². The normalized spacial score (nSPS) is 26.1. The third-order valence-corrected chi connectivity index (χ3v) is 5.60. The van der Waals surface area contributed by atoms with E-state index in [0.29, 0.717) is 11.5 Å². The number of anilines is 1. The highest BCUT2D eigenvalue weighted by molar-refractivity contribution is 7.89. The van der Waals surface area contributed by atoms with Gasteiger partial charge in [0.25, 0.3) is 0 Å². The molecule has 2 N–H and O–H groups in total. The molecule has 0 saturated carbocycles. The Kier molecular flexibility index (Phi) is 3.70. The summed E-state index contributed by atoms with van der Waals surface area (Å²) in [4.78, 5) is 0.404. The standard InChI is InChI=1S/C14H20N2O3S/c1-10-12(7-9-19-10)16-20(17,18)14-6-2-5-13-11(14)4-3-8-15-13/h2,5-6,10,12,15-16H,3-4,7-9H2,1H3. The van der Waals surface area contributed by atoms with Crippen LogP contribution < -0.4 is 10.0 Å². The topological polar surface area (TPSA) is 67.4 Å². The van der Waals surface area contributed by atoms with Crippen LogP contribution in [0.5, 0.6) is 0 Å². The number of sulfonamides is 1. The van der Waals surface area contributed by atoms with Crippen LogP contribution in [0.2, 0.25) is 0 Å². The van der Waals surface area contributed by atoms with Gasteiger partial charge in [0.1, 0.15) is 0 Å². The van der Waals surface area contributed by atoms with Crippen molar-refractivity contribution in [3.63, 3.8) is 0 Å². The number of benzene rings is 1. The number of hydrogen-bond acceptors (Lipinski definition) is 4. The van der Waals surface area contributed by atoms with E-state index in [2.05, 4.69) is 10.0 Å². The van der Waals surface area contributed by atoms with Crippen LogP contribution in [0.4, 0.5) is 5.69 Å². The number of fused-ring (bicyclic) bond motifs is 1. The van der Waals surface area contributed by atoms with Gasteiger partial charge in [-0.25, -0.2) is 13.1 Å². The lowest BCUT2D eigenvalue weighted by molar-refractivity contribution is 0.117. The summed E-state index contributed by atoms with van der Waals surface area (Å²) in [6.45, 7) is 3.42. The molecule has 2 atom stereocenters. The van der Waals surface area contributed by atoms with Gasteiger partial charge in [0.15, 0.2) is 0 Å². The lowest BCUT2D eigenvalue weighted by Crippen LogP contribution is -2.39. The molecular formula is C14H20N2O3S. The first-order valence-corrected chi connectivity index (χ1v) is 8.56. The monoisotopic (exact) mass is 296 g/mol. The van der Waals surface area contributed by atoms with Crippen LogP contribution in [0, 0.1) is 0 Å². The Balaban J connectivity index is 1.91. The van der Waals surface area contributed by atoms with Crippen molar-refractivity contribution < 1.29 is 13.2 Å². The summed E-state index contributed by atoms with van der Waals surface area (Å²) in [7, 11) is -3.49. The van der Waals surface area contributed by atoms with E-state index in [1.54, 1.807) is 12.1 Å². The van der Waals surface area contributed by atoms with Crippen LogP contribution in [0.3, 0.4) is 0 Å². The van der Waals surface area contributed by atoms with E-state index in [-0.39, 0.29) is 12.1 Å². The molecule has 0 bridgehead atoms. The predicted molar refractivity (Wildman–Crippen MR) is 77.4 cm³/mol. The fourth-order valence-electron chi connectivity index (χ4n) is 2.88. The van der Waals surface area contributed by atoms with E-state index >= 15 is 0 Å². The second-order valence-corrected chi connectivity index (χ2v) is 7.09. The van der Waals surface area contributed by atoms with Crippen LogP contribution in [0.15, 0.2) is 23.1 Å². The molecule has 1 fully saturated rings. The molecule has 5 nitrogen and oxygen atoms in total. The second kappa shape index (κ2) is 5.35. The lowest BCUT2D eigenvalue weighted by atomic mass is 10.0. The van der Waals surface area contributed by atoms with Crippen LogP contribution in [0.1, 0.15) is 25.3 Å². The minimum Gasteiger partial charge on any atom is -0.385 e. The highest BCUT2D eigenvalue weighted by Crippen LogP contribution is 2.29. The number of rotatable bonds is 3. The molecule has 2 heterocycles. The summed E-state index contributed by atoms with van der Waals surface area (Å²) in [6.07, 6.45) is 2.43. The molecule has 1 aromatic rings. The van der Waals surface area contributed by atoms with Gasteiger partial charge >= 0.3 is 0 Å². The zero-order valence-electron chi connectivity index (χ0n) is 11.6. The van der Waals surface area contributed by atoms with Crippen molar-refractivity contribution in [1.82, 2.24) is 4.72 Å². The summed E-state index contributed by atoms with van der Waals surface area (Å²) in [5.74, 6) is 0. The van der Waals surface area contributed by atoms with E-state index < -0.39 is 10.0 Å². The molecule has 1 aromatic carbocycles. The Morgan fingerprint density at radius 1 is 1.40 bits per heavy atom. The van der Waals surface area contributed by atoms with Gasteiger partial charge in [-0.05, 0) is 43.9 Å². The molecule has 0 aromatic heterocycles. The molecule has 20 heavy (non-hydrogen) atoms. The summed E-state index contributed by atoms with van der Waals surface area (Å²) in [5, 5.41) is 3.26. The molecule has 6 heteroatoms. The largest absolute Gasteiger partial charge is 0.385 e. The Hall–Kier alpha value is -1.11. The minimum atomic E-state index is -3.49. The third-order valence-electron chi connectivity index (χ3n) is 4.02. The first kappa shape index (κ1) is 13.9. The maximum Gasteiger partial charge on any atom is 0.241 e. The predicted octanol–water partition coefficient (Wildman–Crippen LogP) is 1.50. The summed E-state index contributed by atoms with van der Waals surface area (Å²) in [6, 6.07) is 5.29. The molecule has 0 amide bonds. The molecule has 2 aliphatic rings. The van der Waals surface area contributed by atoms with Crippen molar-refractivity contribution in [2.75, 3.05) is 18.5 Å². The van der Waals surface area contributed by atoms with Gasteiger partial charge in [-0.3, -0.25) is 0 Å². The van der Waals surface area contributed by atoms with Gasteiger partial charge in [0.2, 0.25) is 10.0 Å². The maximum absolute atomic E-state index is 12.6. The average Bonchev–Trinajstić information content (AvgIpc) is 2.83. The molecule has 110 valence electrons. The first-order valence-electron chi connectivity index (χ1n) is 7.07. The fraction of sp³-hybridized carbons (Fsp3) is 0.571. The van der Waals surface area contributed by atoms with Gasteiger partial charge in [0.05, 0.1) is 17.0 Å². The van der Waals surface area contributed by atoms with Gasteiger partial charge < -0.3 is 10.1 Å². The molecular weight excluding hydrogens is 276 g/mol. The Morgan fingerprint density at radius 2 is 2.25 bits per heavy atom. The average molecular weight is 296 g/mol. The van der Waals surface area contributed by atoms with Crippen molar-refractivity contribution in [2.45, 2.75) is 43.2 Å². The quantitative estimate of drug-likeness (QED) is 0.887. The van der Waals surface area contributed by atoms with Crippen molar-refractivity contribution in [2.24, 2.45) is 0 Å². The summed E-state index contributed by atoms with van der Waals surface area (Å²) >= 11 is 0. The highest BCUT2D eigenvalue weighted by Gasteiger charge is 2.31. The number of ether oxygens (including phenoxy) is 1. The Morgan fingerprint density at radius 3 is 3.00 bits per heavy atom. The highest BCUT2D eigenvalue weighted by atomic mass is 32.2. The summed E-state index contributed by atoms with van der Waals surface area (Å²) in [5.41, 5.74) is 1.84. The van der Waals surface area contributed by atoms with Crippen LogP contribution in [0.25, 0.3) is 0 Å². The van der Waals surface area contributed by atoms with E-state index in [0.717, 1.165) is 37.1 Å². The number of hydrogen-bond donors (Lipinski definition) is 2. The fourth-order valence-corrected chi connectivity index (χ4v) is 4.51. The molecule has 1 saturated heterocycles. The summed E-state index contributed by atoms with van der Waals surface area (Å²) < 4.78 is 33.4. The first-order chi connectivity index (χ1) is 9.58. The molecule has 2 unspecified atom stereocenters. The Labute approximate surface area is 119 Å². The van der Waals surface area contributed by atoms with Crippen LogP contribution in [-0.2, 0) is 21.2 Å². The SMILES string of the molecule is CC1OCCC1NS(=O)(=O)c1cccc2c1CCCN2. The van der Waals surface area contributed by atoms with Crippen molar-refractivity contribution in [3.05, 3.63) is 23.8 Å². The van der Waals surface area contributed by atoms with Gasteiger partial charge in [-0.1, -0.05) is 6.07 Å². The molecule has 0 radical (unpaired) electrons. The molecule has 0 spiro atoms.